The number of alkyl halides is 3. The van der Waals surface area contributed by atoms with Crippen LogP contribution in [0.4, 0.5) is 13.2 Å². The zero-order chi connectivity index (χ0) is 20.6. The number of sulfone groups is 1. The molecule has 1 fully saturated rings. The Bertz CT molecular complexity index is 882. The molecule has 27 heavy (non-hydrogen) atoms. The molecule has 2 rings (SSSR count). The third-order valence-corrected chi connectivity index (χ3v) is 6.77. The van der Waals surface area contributed by atoms with Crippen molar-refractivity contribution >= 4 is 38.8 Å². The number of hydrogen-bond acceptors (Lipinski definition) is 5. The largest absolute Gasteiger partial charge is 0.480 e. The quantitative estimate of drug-likeness (QED) is 0.727. The van der Waals surface area contributed by atoms with Crippen LogP contribution in [0, 0.1) is 0 Å². The Morgan fingerprint density at radius 3 is 2.41 bits per heavy atom. The first-order valence-corrected chi connectivity index (χ1v) is 9.73. The van der Waals surface area contributed by atoms with Gasteiger partial charge in [0.2, 0.25) is 0 Å². The summed E-state index contributed by atoms with van der Waals surface area (Å²) in [7, 11) is -4.48. The molecule has 11 heteroatoms. The first kappa shape index (κ1) is 21.3. The second-order valence-corrected chi connectivity index (χ2v) is 8.84. The number of likely N-dealkylation sites (tertiary alicyclic amines) is 1. The van der Waals surface area contributed by atoms with Crippen LogP contribution in [0.15, 0.2) is 29.2 Å². The molecule has 0 bridgehead atoms. The number of hydrogen-bond donors (Lipinski definition) is 1. The molecule has 6 nitrogen and oxygen atoms in total. The van der Waals surface area contributed by atoms with Gasteiger partial charge in [-0.1, -0.05) is 24.4 Å². The molecular formula is C16H16F3NO5S2. The van der Waals surface area contributed by atoms with E-state index in [2.05, 4.69) is 0 Å². The van der Waals surface area contributed by atoms with E-state index in [0.29, 0.717) is 6.07 Å². The summed E-state index contributed by atoms with van der Waals surface area (Å²) in [6.07, 6.45) is -5.55. The van der Waals surface area contributed by atoms with Crippen molar-refractivity contribution < 1.29 is 36.3 Å². The van der Waals surface area contributed by atoms with Gasteiger partial charge < -0.3 is 10.0 Å². The van der Waals surface area contributed by atoms with Crippen LogP contribution >= 0.6 is 12.2 Å². The van der Waals surface area contributed by atoms with Crippen molar-refractivity contribution in [1.29, 1.82) is 0 Å². The van der Waals surface area contributed by atoms with E-state index in [1.165, 1.54) is 13.0 Å². The maximum atomic E-state index is 13.2. The fraction of sp³-hybridized carbons (Fsp3) is 0.438. The number of carboxylic acid groups (broad SMARTS) is 1. The van der Waals surface area contributed by atoms with Crippen LogP contribution in [0.5, 0.6) is 0 Å². The third kappa shape index (κ3) is 4.46. The monoisotopic (exact) mass is 423 g/mol. The molecule has 1 N–H and O–H groups in total. The summed E-state index contributed by atoms with van der Waals surface area (Å²) in [5.41, 5.74) is -1.30. The lowest BCUT2D eigenvalue weighted by Gasteiger charge is -2.23. The summed E-state index contributed by atoms with van der Waals surface area (Å²) in [6.45, 7) is 0.851. The van der Waals surface area contributed by atoms with Crippen molar-refractivity contribution in [2.75, 3.05) is 6.54 Å². The molecule has 0 aliphatic carbocycles. The van der Waals surface area contributed by atoms with Gasteiger partial charge in [-0.15, -0.1) is 0 Å². The van der Waals surface area contributed by atoms with Gasteiger partial charge in [-0.25, -0.2) is 13.2 Å². The van der Waals surface area contributed by atoms with E-state index in [-0.39, 0.29) is 17.2 Å². The van der Waals surface area contributed by atoms with E-state index in [9.17, 15) is 36.3 Å². The van der Waals surface area contributed by atoms with Gasteiger partial charge in [-0.3, -0.25) is 4.79 Å². The second kappa shape index (κ2) is 7.55. The molecule has 1 heterocycles. The first-order chi connectivity index (χ1) is 12.4. The predicted molar refractivity (Wildman–Crippen MR) is 93.1 cm³/mol. The van der Waals surface area contributed by atoms with E-state index in [4.69, 9.17) is 12.2 Å². The van der Waals surface area contributed by atoms with Crippen LogP contribution < -0.4 is 0 Å². The van der Waals surface area contributed by atoms with Gasteiger partial charge in [0, 0.05) is 6.54 Å². The van der Waals surface area contributed by atoms with Gasteiger partial charge in [0.1, 0.15) is 11.8 Å². The lowest BCUT2D eigenvalue weighted by molar-refractivity contribution is -0.141. The number of nitrogens with zero attached hydrogens (tertiary/aromatic N) is 1. The second-order valence-electron chi connectivity index (χ2n) is 6.18. The SMILES string of the molecule is CC(=O)CC(=S)N1C[C@H](S(=O)(=O)c2ccccc2C(F)(F)F)C[C@@H]1C(=O)O. The molecule has 1 aromatic carbocycles. The highest BCUT2D eigenvalue weighted by atomic mass is 32.2. The van der Waals surface area contributed by atoms with Crippen LogP contribution in [0.1, 0.15) is 25.3 Å². The van der Waals surface area contributed by atoms with Crippen LogP contribution in [0.3, 0.4) is 0 Å². The summed E-state index contributed by atoms with van der Waals surface area (Å²) in [5.74, 6) is -1.69. The standard InChI is InChI=1S/C16H16F3NO5S2/c1-9(21)6-14(26)20-8-10(7-12(20)15(22)23)27(24,25)13-5-3-2-4-11(13)16(17,18)19/h2-5,10,12H,6-8H2,1H3,(H,22,23)/t10-,12-/m1/s1. The molecule has 0 spiro atoms. The van der Waals surface area contributed by atoms with Gasteiger partial charge in [0.05, 0.1) is 27.1 Å². The topological polar surface area (TPSA) is 91.8 Å². The van der Waals surface area contributed by atoms with Gasteiger partial charge in [-0.05, 0) is 25.5 Å². The fourth-order valence-corrected chi connectivity index (χ4v) is 5.29. The van der Waals surface area contributed by atoms with E-state index in [1.807, 2.05) is 0 Å². The summed E-state index contributed by atoms with van der Waals surface area (Å²) < 4.78 is 65.2. The van der Waals surface area contributed by atoms with Crippen molar-refractivity contribution in [3.05, 3.63) is 29.8 Å². The minimum Gasteiger partial charge on any atom is -0.480 e. The van der Waals surface area contributed by atoms with Crippen LogP contribution in [-0.4, -0.2) is 53.0 Å². The molecule has 0 unspecified atom stereocenters. The van der Waals surface area contributed by atoms with E-state index < -0.39 is 56.7 Å². The highest BCUT2D eigenvalue weighted by Gasteiger charge is 2.46. The number of Topliss-reactive ketones (excluding diaryl/α,β-unsaturated/α-hetero) is 1. The number of carboxylic acids is 1. The van der Waals surface area contributed by atoms with Crippen molar-refractivity contribution in [3.8, 4) is 0 Å². The minimum atomic E-state index is -4.88. The number of rotatable bonds is 5. The van der Waals surface area contributed by atoms with Gasteiger partial charge in [0.25, 0.3) is 0 Å². The highest BCUT2D eigenvalue weighted by Crippen LogP contribution is 2.37. The Morgan fingerprint density at radius 2 is 1.89 bits per heavy atom. The summed E-state index contributed by atoms with van der Waals surface area (Å²) in [5, 5.41) is 7.95. The zero-order valence-corrected chi connectivity index (χ0v) is 15.7. The number of ketones is 1. The van der Waals surface area contributed by atoms with Crippen LogP contribution in [0.25, 0.3) is 0 Å². The average molecular weight is 423 g/mol. The van der Waals surface area contributed by atoms with E-state index in [0.717, 1.165) is 17.0 Å². The molecular weight excluding hydrogens is 407 g/mol. The molecule has 0 saturated carbocycles. The number of halogens is 3. The number of carbonyl (C=O) groups is 2. The normalized spacial score (nSPS) is 20.5. The Morgan fingerprint density at radius 1 is 1.30 bits per heavy atom. The molecule has 1 aliphatic heterocycles. The lowest BCUT2D eigenvalue weighted by atomic mass is 10.2. The maximum Gasteiger partial charge on any atom is 0.417 e. The molecule has 0 aromatic heterocycles. The van der Waals surface area contributed by atoms with Crippen molar-refractivity contribution in [3.63, 3.8) is 0 Å². The Labute approximate surface area is 158 Å². The first-order valence-electron chi connectivity index (χ1n) is 7.77. The van der Waals surface area contributed by atoms with E-state index in [1.54, 1.807) is 0 Å². The van der Waals surface area contributed by atoms with E-state index >= 15 is 0 Å². The summed E-state index contributed by atoms with van der Waals surface area (Å²) in [4.78, 5) is 22.9. The fourth-order valence-electron chi connectivity index (χ4n) is 2.97. The maximum absolute atomic E-state index is 13.2. The smallest absolute Gasteiger partial charge is 0.417 e. The minimum absolute atomic E-state index is 0.0447. The predicted octanol–water partition coefficient (Wildman–Crippen LogP) is 2.31. The average Bonchev–Trinajstić information content (AvgIpc) is 3.00. The Balaban J connectivity index is 2.42. The molecule has 2 atom stereocenters. The third-order valence-electron chi connectivity index (χ3n) is 4.21. The number of benzene rings is 1. The summed E-state index contributed by atoms with van der Waals surface area (Å²) in [6, 6.07) is 2.43. The molecule has 0 radical (unpaired) electrons. The van der Waals surface area contributed by atoms with Gasteiger partial charge in [0.15, 0.2) is 9.84 Å². The molecule has 1 aliphatic rings. The lowest BCUT2D eigenvalue weighted by Crippen LogP contribution is -2.40. The van der Waals surface area contributed by atoms with Crippen molar-refractivity contribution in [2.45, 2.75) is 42.1 Å². The molecule has 0 amide bonds. The van der Waals surface area contributed by atoms with Gasteiger partial charge >= 0.3 is 12.1 Å². The van der Waals surface area contributed by atoms with Crippen molar-refractivity contribution in [1.82, 2.24) is 4.90 Å². The summed E-state index contributed by atoms with van der Waals surface area (Å²) >= 11 is 5.03. The number of thiocarbonyl (C=S) groups is 1. The Kier molecular flexibility index (Phi) is 5.95. The molecule has 1 aromatic rings. The van der Waals surface area contributed by atoms with Gasteiger partial charge in [-0.2, -0.15) is 13.2 Å². The number of aliphatic carboxylic acids is 1. The highest BCUT2D eigenvalue weighted by molar-refractivity contribution is 7.92. The van der Waals surface area contributed by atoms with Crippen molar-refractivity contribution in [2.24, 2.45) is 0 Å². The molecule has 1 saturated heterocycles. The molecule has 148 valence electrons. The number of carbonyl (C=O) groups excluding carboxylic acids is 1. The van der Waals surface area contributed by atoms with Crippen LogP contribution in [0.2, 0.25) is 0 Å². The zero-order valence-electron chi connectivity index (χ0n) is 14.1. The Hall–Kier alpha value is -2.01. The van der Waals surface area contributed by atoms with Crippen LogP contribution in [-0.2, 0) is 25.6 Å².